The molecule has 0 spiro atoms. The van der Waals surface area contributed by atoms with Crippen molar-refractivity contribution in [2.45, 2.75) is 19.9 Å². The molecule has 2 rings (SSSR count). The second kappa shape index (κ2) is 6.43. The van der Waals surface area contributed by atoms with E-state index in [0.29, 0.717) is 4.88 Å². The monoisotopic (exact) mass is 325 g/mol. The number of carbonyl (C=O) groups is 1. The van der Waals surface area contributed by atoms with Gasteiger partial charge in [-0.1, -0.05) is 0 Å². The molecule has 2 aromatic heterocycles. The first-order valence-corrected chi connectivity index (χ1v) is 6.98. The van der Waals surface area contributed by atoms with Crippen LogP contribution in [0.1, 0.15) is 23.5 Å². The molecule has 0 unspecified atom stereocenters. The van der Waals surface area contributed by atoms with Gasteiger partial charge < -0.3 is 0 Å². The summed E-state index contributed by atoms with van der Waals surface area (Å²) in [4.78, 5) is 22.6. The highest BCUT2D eigenvalue weighted by atomic mass is 32.1. The third-order valence-corrected chi connectivity index (χ3v) is 3.63. The van der Waals surface area contributed by atoms with E-state index in [0.717, 1.165) is 11.3 Å². The standard InChI is InChI=1S/C12H12FN5O3S/c1-7-10(18(20)21)6-17(16-7)8(2)12(19)15-14-5-9-3-4-11(13)22-9/h3-6,8H,1-2H3,(H,15,19)/b14-5-/t8-/m1/s1. The van der Waals surface area contributed by atoms with Gasteiger partial charge in [0.2, 0.25) is 0 Å². The summed E-state index contributed by atoms with van der Waals surface area (Å²) in [6.45, 7) is 3.02. The maximum absolute atomic E-state index is 12.8. The predicted molar refractivity (Wildman–Crippen MR) is 78.3 cm³/mol. The summed E-state index contributed by atoms with van der Waals surface area (Å²) in [5, 5.41) is 18.1. The molecular weight excluding hydrogens is 313 g/mol. The maximum atomic E-state index is 12.8. The van der Waals surface area contributed by atoms with Gasteiger partial charge in [0, 0.05) is 0 Å². The molecule has 0 radical (unpaired) electrons. The van der Waals surface area contributed by atoms with Gasteiger partial charge in [-0.2, -0.15) is 14.6 Å². The molecule has 0 fully saturated rings. The fourth-order valence-corrected chi connectivity index (χ4v) is 2.22. The van der Waals surface area contributed by atoms with Crippen LogP contribution in [0.4, 0.5) is 10.1 Å². The van der Waals surface area contributed by atoms with Gasteiger partial charge >= 0.3 is 5.69 Å². The van der Waals surface area contributed by atoms with Crippen LogP contribution in [0.25, 0.3) is 0 Å². The van der Waals surface area contributed by atoms with Crippen LogP contribution >= 0.6 is 11.3 Å². The van der Waals surface area contributed by atoms with Crippen molar-refractivity contribution in [3.8, 4) is 0 Å². The van der Waals surface area contributed by atoms with Crippen LogP contribution in [-0.2, 0) is 4.79 Å². The highest BCUT2D eigenvalue weighted by molar-refractivity contribution is 7.12. The molecule has 0 saturated carbocycles. The molecule has 0 aliphatic carbocycles. The average molecular weight is 325 g/mol. The number of carbonyl (C=O) groups excluding carboxylic acids is 1. The predicted octanol–water partition coefficient (Wildman–Crippen LogP) is 2.01. The number of nitrogens with one attached hydrogen (secondary N) is 1. The van der Waals surface area contributed by atoms with Crippen molar-refractivity contribution < 1.29 is 14.1 Å². The van der Waals surface area contributed by atoms with Crippen molar-refractivity contribution in [3.05, 3.63) is 44.1 Å². The summed E-state index contributed by atoms with van der Waals surface area (Å²) in [6, 6.07) is 2.05. The molecule has 10 heteroatoms. The van der Waals surface area contributed by atoms with Gasteiger partial charge in [0.15, 0.2) is 5.13 Å². The summed E-state index contributed by atoms with van der Waals surface area (Å²) in [5.74, 6) is -0.495. The minimum Gasteiger partial charge on any atom is -0.271 e. The van der Waals surface area contributed by atoms with E-state index in [2.05, 4.69) is 15.6 Å². The zero-order valence-corrected chi connectivity index (χ0v) is 12.5. The topological polar surface area (TPSA) is 102 Å². The van der Waals surface area contributed by atoms with Crippen LogP contribution in [-0.4, -0.2) is 26.8 Å². The SMILES string of the molecule is Cc1nn([C@H](C)C(=O)N/N=C\c2ccc(F)s2)cc1[N+](=O)[O-]. The first kappa shape index (κ1) is 15.8. The lowest BCUT2D eigenvalue weighted by molar-refractivity contribution is -0.385. The van der Waals surface area contributed by atoms with Crippen LogP contribution in [0.2, 0.25) is 0 Å². The van der Waals surface area contributed by atoms with Gasteiger partial charge in [-0.25, -0.2) is 5.43 Å². The summed E-state index contributed by atoms with van der Waals surface area (Å²) in [7, 11) is 0. The molecule has 116 valence electrons. The molecule has 2 heterocycles. The van der Waals surface area contributed by atoms with E-state index in [9.17, 15) is 19.3 Å². The van der Waals surface area contributed by atoms with E-state index in [1.165, 1.54) is 43.1 Å². The minimum atomic E-state index is -0.773. The zero-order valence-electron chi connectivity index (χ0n) is 11.7. The van der Waals surface area contributed by atoms with Crippen LogP contribution in [0.15, 0.2) is 23.4 Å². The van der Waals surface area contributed by atoms with Gasteiger partial charge in [0.25, 0.3) is 5.91 Å². The molecule has 0 aliphatic rings. The van der Waals surface area contributed by atoms with Crippen molar-refractivity contribution in [2.75, 3.05) is 0 Å². The number of amides is 1. The maximum Gasteiger partial charge on any atom is 0.309 e. The normalized spacial score (nSPS) is 12.5. The Morgan fingerprint density at radius 2 is 2.36 bits per heavy atom. The van der Waals surface area contributed by atoms with E-state index in [-0.39, 0.29) is 16.5 Å². The Bertz CT molecular complexity index is 739. The molecule has 0 aromatic carbocycles. The zero-order chi connectivity index (χ0) is 16.3. The number of nitro groups is 1. The fraction of sp³-hybridized carbons (Fsp3) is 0.250. The number of aryl methyl sites for hydroxylation is 1. The lowest BCUT2D eigenvalue weighted by atomic mass is 10.3. The number of hydrazone groups is 1. The Labute approximate surface area is 128 Å². The molecule has 1 amide bonds. The number of hydrogen-bond donors (Lipinski definition) is 1. The Balaban J connectivity index is 2.01. The second-order valence-corrected chi connectivity index (χ2v) is 5.45. The van der Waals surface area contributed by atoms with E-state index >= 15 is 0 Å². The van der Waals surface area contributed by atoms with E-state index in [4.69, 9.17) is 0 Å². The molecule has 1 N–H and O–H groups in total. The number of hydrogen-bond acceptors (Lipinski definition) is 6. The summed E-state index contributed by atoms with van der Waals surface area (Å²) < 4.78 is 14.0. The molecule has 8 nitrogen and oxygen atoms in total. The molecular formula is C12H12FN5O3S. The van der Waals surface area contributed by atoms with Crippen molar-refractivity contribution >= 4 is 29.1 Å². The quantitative estimate of drug-likeness (QED) is 0.516. The van der Waals surface area contributed by atoms with Crippen molar-refractivity contribution in [1.29, 1.82) is 0 Å². The second-order valence-electron chi connectivity index (χ2n) is 4.39. The Hall–Kier alpha value is -2.62. The van der Waals surface area contributed by atoms with E-state index < -0.39 is 16.9 Å². The van der Waals surface area contributed by atoms with Gasteiger partial charge in [-0.15, -0.1) is 11.3 Å². The van der Waals surface area contributed by atoms with E-state index in [1.807, 2.05) is 0 Å². The Morgan fingerprint density at radius 3 is 2.91 bits per heavy atom. The first-order valence-electron chi connectivity index (χ1n) is 6.17. The lowest BCUT2D eigenvalue weighted by Gasteiger charge is -2.09. The van der Waals surface area contributed by atoms with Crippen LogP contribution < -0.4 is 5.43 Å². The average Bonchev–Trinajstić information content (AvgIpc) is 3.04. The fourth-order valence-electron chi connectivity index (χ4n) is 1.62. The molecule has 2 aromatic rings. The third-order valence-electron chi connectivity index (χ3n) is 2.82. The van der Waals surface area contributed by atoms with Crippen molar-refractivity contribution in [2.24, 2.45) is 5.10 Å². The van der Waals surface area contributed by atoms with Crippen LogP contribution in [0.5, 0.6) is 0 Å². The molecule has 22 heavy (non-hydrogen) atoms. The van der Waals surface area contributed by atoms with Crippen molar-refractivity contribution in [3.63, 3.8) is 0 Å². The van der Waals surface area contributed by atoms with E-state index in [1.54, 1.807) is 0 Å². The smallest absolute Gasteiger partial charge is 0.271 e. The number of thiophene rings is 1. The molecule has 1 atom stereocenters. The Morgan fingerprint density at radius 1 is 1.64 bits per heavy atom. The van der Waals surface area contributed by atoms with Gasteiger partial charge in [-0.05, 0) is 26.0 Å². The summed E-state index contributed by atoms with van der Waals surface area (Å²) in [5.41, 5.74) is 2.35. The molecule has 0 bridgehead atoms. The summed E-state index contributed by atoms with van der Waals surface area (Å²) >= 11 is 0.893. The highest BCUT2D eigenvalue weighted by Gasteiger charge is 2.21. The number of halogens is 1. The van der Waals surface area contributed by atoms with Gasteiger partial charge in [0.05, 0.1) is 16.0 Å². The van der Waals surface area contributed by atoms with Gasteiger partial charge in [0.1, 0.15) is 17.9 Å². The molecule has 0 aliphatic heterocycles. The Kier molecular flexibility index (Phi) is 4.61. The van der Waals surface area contributed by atoms with Crippen LogP contribution in [0, 0.1) is 22.2 Å². The minimum absolute atomic E-state index is 0.155. The third kappa shape index (κ3) is 3.52. The summed E-state index contributed by atoms with van der Waals surface area (Å²) in [6.07, 6.45) is 2.51. The number of nitrogens with zero attached hydrogens (tertiary/aromatic N) is 4. The lowest BCUT2D eigenvalue weighted by Crippen LogP contribution is -2.27. The molecule has 0 saturated heterocycles. The largest absolute Gasteiger partial charge is 0.309 e. The van der Waals surface area contributed by atoms with Gasteiger partial charge in [-0.3, -0.25) is 19.6 Å². The first-order chi connectivity index (χ1) is 10.4. The number of rotatable bonds is 5. The number of aromatic nitrogens is 2. The van der Waals surface area contributed by atoms with Crippen molar-refractivity contribution in [1.82, 2.24) is 15.2 Å². The van der Waals surface area contributed by atoms with Crippen LogP contribution in [0.3, 0.4) is 0 Å². The highest BCUT2D eigenvalue weighted by Crippen LogP contribution is 2.18.